The maximum absolute atomic E-state index is 13.9. The van der Waals surface area contributed by atoms with Gasteiger partial charge in [-0.1, -0.05) is 6.07 Å². The number of aromatic nitrogens is 2. The molecule has 1 amide bonds. The fraction of sp³-hybridized carbons (Fsp3) is 0.190. The molecule has 1 aromatic carbocycles. The summed E-state index contributed by atoms with van der Waals surface area (Å²) in [4.78, 5) is 25.2. The Morgan fingerprint density at radius 1 is 0.931 bits per heavy atom. The van der Waals surface area contributed by atoms with Crippen LogP contribution in [0.25, 0.3) is 0 Å². The van der Waals surface area contributed by atoms with Gasteiger partial charge < -0.3 is 15.1 Å². The van der Waals surface area contributed by atoms with Crippen LogP contribution >= 0.6 is 0 Å². The molecule has 1 saturated heterocycles. The SMILES string of the molecule is O=C(c1cc(Nc2ccc(F)cc2F)ccn1)N1CCN(c2ccccn2)CC1. The van der Waals surface area contributed by atoms with Crippen molar-refractivity contribution < 1.29 is 13.6 Å². The third kappa shape index (κ3) is 4.31. The molecule has 0 spiro atoms. The van der Waals surface area contributed by atoms with Crippen molar-refractivity contribution in [3.8, 4) is 0 Å². The summed E-state index contributed by atoms with van der Waals surface area (Å²) in [5.41, 5.74) is 0.893. The smallest absolute Gasteiger partial charge is 0.272 e. The summed E-state index contributed by atoms with van der Waals surface area (Å²) < 4.78 is 26.9. The van der Waals surface area contributed by atoms with Gasteiger partial charge in [-0.2, -0.15) is 0 Å². The number of nitrogens with zero attached hydrogens (tertiary/aromatic N) is 4. The molecule has 8 heteroatoms. The fourth-order valence-corrected chi connectivity index (χ4v) is 3.21. The van der Waals surface area contributed by atoms with Gasteiger partial charge in [0.2, 0.25) is 0 Å². The second-order valence-corrected chi connectivity index (χ2v) is 6.65. The predicted molar refractivity (Wildman–Crippen MR) is 106 cm³/mol. The molecule has 1 aliphatic heterocycles. The van der Waals surface area contributed by atoms with Crippen molar-refractivity contribution >= 4 is 23.1 Å². The van der Waals surface area contributed by atoms with Gasteiger partial charge in [-0.3, -0.25) is 9.78 Å². The van der Waals surface area contributed by atoms with Crippen LogP contribution in [0, 0.1) is 11.6 Å². The molecular weight excluding hydrogens is 376 g/mol. The number of hydrogen-bond donors (Lipinski definition) is 1. The molecule has 3 heterocycles. The van der Waals surface area contributed by atoms with E-state index in [-0.39, 0.29) is 17.3 Å². The molecule has 0 aliphatic carbocycles. The van der Waals surface area contributed by atoms with Crippen LogP contribution in [-0.4, -0.2) is 47.0 Å². The summed E-state index contributed by atoms with van der Waals surface area (Å²) in [7, 11) is 0. The lowest BCUT2D eigenvalue weighted by atomic mass is 10.2. The number of halogens is 2. The van der Waals surface area contributed by atoms with Crippen LogP contribution in [-0.2, 0) is 0 Å². The molecule has 0 bridgehead atoms. The molecule has 0 unspecified atom stereocenters. The molecule has 0 saturated carbocycles. The van der Waals surface area contributed by atoms with Gasteiger partial charge in [0.05, 0.1) is 5.69 Å². The first-order valence-electron chi connectivity index (χ1n) is 9.23. The monoisotopic (exact) mass is 395 g/mol. The number of nitrogens with one attached hydrogen (secondary N) is 1. The van der Waals surface area contributed by atoms with E-state index < -0.39 is 11.6 Å². The van der Waals surface area contributed by atoms with Gasteiger partial charge in [0.15, 0.2) is 0 Å². The summed E-state index contributed by atoms with van der Waals surface area (Å²) >= 11 is 0. The first-order chi connectivity index (χ1) is 14.1. The van der Waals surface area contributed by atoms with Crippen LogP contribution in [0.15, 0.2) is 60.9 Å². The van der Waals surface area contributed by atoms with Gasteiger partial charge in [0, 0.05) is 50.3 Å². The van der Waals surface area contributed by atoms with Gasteiger partial charge in [0.25, 0.3) is 5.91 Å². The van der Waals surface area contributed by atoms with E-state index in [0.29, 0.717) is 31.9 Å². The van der Waals surface area contributed by atoms with Crippen molar-refractivity contribution in [3.63, 3.8) is 0 Å². The van der Waals surface area contributed by atoms with Crippen molar-refractivity contribution in [2.45, 2.75) is 0 Å². The Balaban J connectivity index is 1.42. The number of anilines is 3. The summed E-state index contributed by atoms with van der Waals surface area (Å²) in [6, 6.07) is 12.2. The molecule has 0 atom stereocenters. The molecule has 1 aliphatic rings. The highest BCUT2D eigenvalue weighted by Crippen LogP contribution is 2.21. The molecular formula is C21H19F2N5O. The number of amides is 1. The Morgan fingerprint density at radius 3 is 2.48 bits per heavy atom. The number of carbonyl (C=O) groups excluding carboxylic acids is 1. The maximum atomic E-state index is 13.9. The minimum absolute atomic E-state index is 0.125. The maximum Gasteiger partial charge on any atom is 0.272 e. The molecule has 1 N–H and O–H groups in total. The first-order valence-corrected chi connectivity index (χ1v) is 9.23. The van der Waals surface area contributed by atoms with E-state index in [1.807, 2.05) is 18.2 Å². The number of benzene rings is 1. The van der Waals surface area contributed by atoms with Crippen molar-refractivity contribution in [3.05, 3.63) is 78.3 Å². The van der Waals surface area contributed by atoms with E-state index in [4.69, 9.17) is 0 Å². The largest absolute Gasteiger partial charge is 0.353 e. The van der Waals surface area contributed by atoms with Crippen molar-refractivity contribution in [2.75, 3.05) is 36.4 Å². The molecule has 2 aromatic heterocycles. The highest BCUT2D eigenvalue weighted by molar-refractivity contribution is 5.93. The van der Waals surface area contributed by atoms with Crippen molar-refractivity contribution in [1.82, 2.24) is 14.9 Å². The van der Waals surface area contributed by atoms with E-state index in [1.54, 1.807) is 23.2 Å². The summed E-state index contributed by atoms with van der Waals surface area (Å²) in [6.07, 6.45) is 3.24. The standard InChI is InChI=1S/C21H19F2N5O/c22-15-4-5-18(17(23)13-15)26-16-6-8-24-19(14-16)21(29)28-11-9-27(10-12-28)20-3-1-2-7-25-20/h1-8,13-14H,9-12H2,(H,24,26). The zero-order chi connectivity index (χ0) is 20.2. The number of carbonyl (C=O) groups is 1. The van der Waals surface area contributed by atoms with Crippen LogP contribution in [0.5, 0.6) is 0 Å². The van der Waals surface area contributed by atoms with E-state index in [9.17, 15) is 13.6 Å². The van der Waals surface area contributed by atoms with E-state index in [2.05, 4.69) is 20.2 Å². The van der Waals surface area contributed by atoms with Crippen molar-refractivity contribution in [2.24, 2.45) is 0 Å². The van der Waals surface area contributed by atoms with E-state index in [0.717, 1.165) is 11.9 Å². The van der Waals surface area contributed by atoms with E-state index >= 15 is 0 Å². The van der Waals surface area contributed by atoms with Crippen LogP contribution in [0.4, 0.5) is 26.0 Å². The first kappa shape index (κ1) is 18.8. The lowest BCUT2D eigenvalue weighted by Crippen LogP contribution is -2.49. The highest BCUT2D eigenvalue weighted by Gasteiger charge is 2.23. The van der Waals surface area contributed by atoms with Gasteiger partial charge in [0.1, 0.15) is 23.1 Å². The predicted octanol–water partition coefficient (Wildman–Crippen LogP) is 3.46. The Kier molecular flexibility index (Phi) is 5.33. The number of hydrogen-bond acceptors (Lipinski definition) is 5. The lowest BCUT2D eigenvalue weighted by molar-refractivity contribution is 0.0740. The highest BCUT2D eigenvalue weighted by atomic mass is 19.1. The van der Waals surface area contributed by atoms with Gasteiger partial charge in [-0.05, 0) is 36.4 Å². The molecule has 3 aromatic rings. The average molecular weight is 395 g/mol. The van der Waals surface area contributed by atoms with Crippen molar-refractivity contribution in [1.29, 1.82) is 0 Å². The normalized spacial score (nSPS) is 14.0. The molecule has 0 radical (unpaired) electrons. The third-order valence-electron chi connectivity index (χ3n) is 4.73. The number of pyridine rings is 2. The Labute approximate surface area is 166 Å². The average Bonchev–Trinajstić information content (AvgIpc) is 2.76. The summed E-state index contributed by atoms with van der Waals surface area (Å²) in [6.45, 7) is 2.48. The minimum atomic E-state index is -0.708. The molecule has 1 fully saturated rings. The van der Waals surface area contributed by atoms with E-state index in [1.165, 1.54) is 18.3 Å². The number of rotatable bonds is 4. The second kappa shape index (κ2) is 8.22. The van der Waals surface area contributed by atoms with Crippen LogP contribution in [0.2, 0.25) is 0 Å². The Hall–Kier alpha value is -3.55. The molecule has 29 heavy (non-hydrogen) atoms. The Bertz CT molecular complexity index is 1010. The third-order valence-corrected chi connectivity index (χ3v) is 4.73. The van der Waals surface area contributed by atoms with Gasteiger partial charge in [-0.25, -0.2) is 13.8 Å². The van der Waals surface area contributed by atoms with Crippen LogP contribution in [0.1, 0.15) is 10.5 Å². The molecule has 4 rings (SSSR count). The number of piperazine rings is 1. The lowest BCUT2D eigenvalue weighted by Gasteiger charge is -2.35. The van der Waals surface area contributed by atoms with Gasteiger partial charge in [-0.15, -0.1) is 0 Å². The topological polar surface area (TPSA) is 61.4 Å². The van der Waals surface area contributed by atoms with Crippen LogP contribution < -0.4 is 10.2 Å². The zero-order valence-electron chi connectivity index (χ0n) is 15.6. The fourth-order valence-electron chi connectivity index (χ4n) is 3.21. The summed E-state index contributed by atoms with van der Waals surface area (Å²) in [5.74, 6) is -0.650. The quantitative estimate of drug-likeness (QED) is 0.733. The van der Waals surface area contributed by atoms with Crippen LogP contribution in [0.3, 0.4) is 0 Å². The molecule has 6 nitrogen and oxygen atoms in total. The summed E-state index contributed by atoms with van der Waals surface area (Å²) in [5, 5.41) is 2.86. The molecule has 148 valence electrons. The zero-order valence-corrected chi connectivity index (χ0v) is 15.6. The second-order valence-electron chi connectivity index (χ2n) is 6.65. The minimum Gasteiger partial charge on any atom is -0.353 e. The Morgan fingerprint density at radius 2 is 1.76 bits per heavy atom. The van der Waals surface area contributed by atoms with Gasteiger partial charge >= 0.3 is 0 Å².